The van der Waals surface area contributed by atoms with Crippen LogP contribution in [0, 0.1) is 0 Å². The van der Waals surface area contributed by atoms with Gasteiger partial charge in [-0.15, -0.1) is 24.8 Å². The molecular weight excluding hydrogens is 368 g/mol. The van der Waals surface area contributed by atoms with Crippen molar-refractivity contribution >= 4 is 54.3 Å². The minimum atomic E-state index is -0.993. The fraction of sp³-hybridized carbons (Fsp3) is 0.429. The summed E-state index contributed by atoms with van der Waals surface area (Å²) < 4.78 is 18.1. The normalized spacial score (nSPS) is 17.0. The third-order valence-electron chi connectivity index (χ3n) is 3.03. The molecule has 0 unspecified atom stereocenters. The Labute approximate surface area is 151 Å². The van der Waals surface area contributed by atoms with E-state index in [0.29, 0.717) is 16.4 Å². The van der Waals surface area contributed by atoms with E-state index in [4.69, 9.17) is 11.6 Å². The molecule has 0 bridgehead atoms. The first kappa shape index (κ1) is 21.9. The lowest BCUT2D eigenvalue weighted by atomic mass is 10.2. The summed E-state index contributed by atoms with van der Waals surface area (Å²) in [5.41, 5.74) is 0.403. The Balaban J connectivity index is 0.00000242. The second-order valence-corrected chi connectivity index (χ2v) is 5.05. The Hall–Kier alpha value is -1.08. The Morgan fingerprint density at radius 1 is 1.61 bits per heavy atom. The lowest BCUT2D eigenvalue weighted by Gasteiger charge is -2.13. The Morgan fingerprint density at radius 3 is 2.91 bits per heavy atom. The van der Waals surface area contributed by atoms with Gasteiger partial charge < -0.3 is 15.4 Å². The van der Waals surface area contributed by atoms with Gasteiger partial charge in [0, 0.05) is 18.8 Å². The number of halogens is 4. The van der Waals surface area contributed by atoms with E-state index in [1.54, 1.807) is 13.0 Å². The van der Waals surface area contributed by atoms with Crippen molar-refractivity contribution in [1.29, 1.82) is 0 Å². The molecule has 0 radical (unpaired) electrons. The zero-order valence-electron chi connectivity index (χ0n) is 12.5. The first-order chi connectivity index (χ1) is 10.1. The summed E-state index contributed by atoms with van der Waals surface area (Å²) >= 11 is 6.12. The molecule has 5 nitrogen and oxygen atoms in total. The average Bonchev–Trinajstić information content (AvgIpc) is 2.95. The van der Waals surface area contributed by atoms with Gasteiger partial charge in [0.25, 0.3) is 0 Å². The van der Waals surface area contributed by atoms with Gasteiger partial charge in [-0.2, -0.15) is 4.39 Å². The quantitative estimate of drug-likeness (QED) is 0.601. The van der Waals surface area contributed by atoms with E-state index in [-0.39, 0.29) is 37.5 Å². The van der Waals surface area contributed by atoms with Crippen LogP contribution in [-0.2, 0) is 9.53 Å². The summed E-state index contributed by atoms with van der Waals surface area (Å²) in [6, 6.07) is 1.84. The minimum Gasteiger partial charge on any atom is -0.461 e. The van der Waals surface area contributed by atoms with E-state index in [0.717, 1.165) is 25.6 Å². The summed E-state index contributed by atoms with van der Waals surface area (Å²) in [4.78, 5) is 15.4. The second kappa shape index (κ2) is 10.6. The van der Waals surface area contributed by atoms with Gasteiger partial charge in [0.05, 0.1) is 11.6 Å². The zero-order valence-corrected chi connectivity index (χ0v) is 14.9. The van der Waals surface area contributed by atoms with Crippen molar-refractivity contribution in [3.63, 3.8) is 0 Å². The summed E-state index contributed by atoms with van der Waals surface area (Å²) in [6.07, 6.45) is 3.50. The number of hydrogen-bond acceptors (Lipinski definition) is 5. The highest BCUT2D eigenvalue weighted by Gasteiger charge is 2.16. The number of aromatic nitrogens is 1. The first-order valence-electron chi connectivity index (χ1n) is 6.77. The maximum absolute atomic E-state index is 13.5. The number of pyridine rings is 1. The van der Waals surface area contributed by atoms with Gasteiger partial charge in [0.1, 0.15) is 5.82 Å². The molecule has 0 aliphatic carbocycles. The number of hydrogen-bond donors (Lipinski definition) is 2. The number of carbonyl (C=O) groups excluding carboxylic acids is 1. The summed E-state index contributed by atoms with van der Waals surface area (Å²) in [5, 5.41) is 6.83. The van der Waals surface area contributed by atoms with Gasteiger partial charge in [-0.1, -0.05) is 11.6 Å². The Kier molecular flexibility index (Phi) is 10.1. The van der Waals surface area contributed by atoms with Crippen molar-refractivity contribution in [1.82, 2.24) is 10.3 Å². The molecule has 1 saturated heterocycles. The van der Waals surface area contributed by atoms with Crippen LogP contribution in [0.15, 0.2) is 18.1 Å². The smallest absolute Gasteiger partial charge is 0.367 e. The van der Waals surface area contributed by atoms with Crippen LogP contribution in [-0.4, -0.2) is 36.7 Å². The Morgan fingerprint density at radius 2 is 2.35 bits per heavy atom. The lowest BCUT2D eigenvalue weighted by Crippen LogP contribution is -2.22. The van der Waals surface area contributed by atoms with Crippen LogP contribution < -0.4 is 10.6 Å². The van der Waals surface area contributed by atoms with Gasteiger partial charge >= 0.3 is 5.97 Å². The van der Waals surface area contributed by atoms with E-state index >= 15 is 0 Å². The highest BCUT2D eigenvalue weighted by Crippen LogP contribution is 2.23. The molecule has 1 aliphatic heterocycles. The number of nitrogens with zero attached hydrogens (tertiary/aromatic N) is 1. The molecule has 1 fully saturated rings. The number of rotatable bonds is 5. The Bertz CT molecular complexity index is 552. The molecule has 23 heavy (non-hydrogen) atoms. The molecule has 0 saturated carbocycles. The molecule has 2 heterocycles. The second-order valence-electron chi connectivity index (χ2n) is 4.65. The summed E-state index contributed by atoms with van der Waals surface area (Å²) in [7, 11) is 0. The molecule has 2 rings (SSSR count). The maximum atomic E-state index is 13.5. The van der Waals surface area contributed by atoms with Crippen LogP contribution in [0.3, 0.4) is 0 Å². The molecule has 0 spiro atoms. The number of carbonyl (C=O) groups is 1. The van der Waals surface area contributed by atoms with Crippen LogP contribution in [0.25, 0.3) is 6.08 Å². The van der Waals surface area contributed by atoms with Crippen LogP contribution >= 0.6 is 36.4 Å². The number of anilines is 1. The molecule has 0 amide bonds. The zero-order chi connectivity index (χ0) is 15.2. The predicted molar refractivity (Wildman–Crippen MR) is 94.4 cm³/mol. The molecule has 1 aliphatic rings. The molecule has 1 atom stereocenters. The van der Waals surface area contributed by atoms with Crippen molar-refractivity contribution < 1.29 is 13.9 Å². The third-order valence-corrected chi connectivity index (χ3v) is 3.32. The van der Waals surface area contributed by atoms with Crippen molar-refractivity contribution in [3.8, 4) is 0 Å². The number of ether oxygens (including phenoxy) is 1. The van der Waals surface area contributed by atoms with E-state index in [1.165, 1.54) is 6.20 Å². The van der Waals surface area contributed by atoms with Gasteiger partial charge in [-0.05, 0) is 37.6 Å². The summed E-state index contributed by atoms with van der Waals surface area (Å²) in [5.74, 6) is -1.41. The SMILES string of the molecule is CCOC(=O)/C(F)=C/c1cnc(N[C@@H]2CCNC2)c(Cl)c1.Cl.Cl. The third kappa shape index (κ3) is 6.51. The largest absolute Gasteiger partial charge is 0.461 e. The molecule has 1 aromatic heterocycles. The molecule has 130 valence electrons. The van der Waals surface area contributed by atoms with Crippen LogP contribution in [0.1, 0.15) is 18.9 Å². The van der Waals surface area contributed by atoms with Crippen molar-refractivity contribution in [2.45, 2.75) is 19.4 Å². The van der Waals surface area contributed by atoms with Crippen LogP contribution in [0.5, 0.6) is 0 Å². The molecule has 9 heteroatoms. The van der Waals surface area contributed by atoms with Gasteiger partial charge in [0.2, 0.25) is 5.83 Å². The van der Waals surface area contributed by atoms with E-state index < -0.39 is 11.8 Å². The predicted octanol–water partition coefficient (Wildman–Crippen LogP) is 3.23. The molecule has 0 aromatic carbocycles. The van der Waals surface area contributed by atoms with Crippen molar-refractivity contribution in [2.75, 3.05) is 25.0 Å². The monoisotopic (exact) mass is 385 g/mol. The molecule has 1 aromatic rings. The van der Waals surface area contributed by atoms with Gasteiger partial charge in [-0.3, -0.25) is 0 Å². The van der Waals surface area contributed by atoms with Crippen molar-refractivity contribution in [3.05, 3.63) is 28.7 Å². The van der Waals surface area contributed by atoms with E-state index in [1.807, 2.05) is 0 Å². The summed E-state index contributed by atoms with van der Waals surface area (Å²) in [6.45, 7) is 3.55. The molecule has 2 N–H and O–H groups in total. The molecular formula is C14H19Cl3FN3O2. The standard InChI is InChI=1S/C14H17ClFN3O2.2ClH/c1-2-21-14(20)12(16)6-9-5-11(15)13(18-7-9)19-10-3-4-17-8-10;;/h5-7,10,17H,2-4,8H2,1H3,(H,18,19);2*1H/b12-6-;;/t10-;;/m1../s1. The lowest BCUT2D eigenvalue weighted by molar-refractivity contribution is -0.140. The number of esters is 1. The van der Waals surface area contributed by atoms with Crippen LogP contribution in [0.4, 0.5) is 10.2 Å². The van der Waals surface area contributed by atoms with Crippen LogP contribution in [0.2, 0.25) is 5.02 Å². The topological polar surface area (TPSA) is 63.2 Å². The first-order valence-corrected chi connectivity index (χ1v) is 7.15. The van der Waals surface area contributed by atoms with E-state index in [2.05, 4.69) is 20.4 Å². The van der Waals surface area contributed by atoms with Gasteiger partial charge in [0.15, 0.2) is 0 Å². The van der Waals surface area contributed by atoms with Gasteiger partial charge in [-0.25, -0.2) is 9.78 Å². The fourth-order valence-electron chi connectivity index (χ4n) is 2.01. The highest BCUT2D eigenvalue weighted by molar-refractivity contribution is 6.33. The average molecular weight is 387 g/mol. The van der Waals surface area contributed by atoms with E-state index in [9.17, 15) is 9.18 Å². The number of nitrogens with one attached hydrogen (secondary N) is 2. The highest BCUT2D eigenvalue weighted by atomic mass is 35.5. The fourth-order valence-corrected chi connectivity index (χ4v) is 2.24. The minimum absolute atomic E-state index is 0. The maximum Gasteiger partial charge on any atom is 0.367 e. The van der Waals surface area contributed by atoms with Crippen molar-refractivity contribution in [2.24, 2.45) is 0 Å².